The normalized spacial score (nSPS) is 18.8. The Hall–Kier alpha value is -1.34. The van der Waals surface area contributed by atoms with Gasteiger partial charge in [-0.15, -0.1) is 10.2 Å². The molecule has 0 aliphatic carbocycles. The monoisotopic (exact) mass is 254 g/mol. The van der Waals surface area contributed by atoms with Crippen LogP contribution in [0.1, 0.15) is 25.6 Å². The largest absolute Gasteiger partial charge is 0.381 e. The number of carbonyl (C=O) groups excluding carboxylic acids is 1. The van der Waals surface area contributed by atoms with Crippen molar-refractivity contribution in [1.82, 2.24) is 20.2 Å². The molecular weight excluding hydrogens is 236 g/mol. The average Bonchev–Trinajstić information content (AvgIpc) is 2.76. The van der Waals surface area contributed by atoms with Gasteiger partial charge in [0.15, 0.2) is 11.6 Å². The van der Waals surface area contributed by atoms with E-state index in [9.17, 15) is 4.79 Å². The van der Waals surface area contributed by atoms with Gasteiger partial charge in [0.1, 0.15) is 5.60 Å². The van der Waals surface area contributed by atoms with E-state index < -0.39 is 5.60 Å². The van der Waals surface area contributed by atoms with Crippen LogP contribution in [0.2, 0.25) is 0 Å². The van der Waals surface area contributed by atoms with Crippen LogP contribution in [0.4, 0.5) is 0 Å². The van der Waals surface area contributed by atoms with Crippen LogP contribution in [0.15, 0.2) is 0 Å². The molecular formula is C11H18N4O3. The topological polar surface area (TPSA) is 79.1 Å². The van der Waals surface area contributed by atoms with E-state index in [-0.39, 0.29) is 12.2 Å². The standard InChI is InChI=1S/C11H18N4O3/c1-3-18-11(4-6-17-7-5-11)9(16)8-10-12-14-15(2)13-10/h3-8H2,1-2H3. The number of hydrogen-bond donors (Lipinski definition) is 0. The molecule has 2 rings (SSSR count). The van der Waals surface area contributed by atoms with Crippen molar-refractivity contribution in [3.05, 3.63) is 5.82 Å². The summed E-state index contributed by atoms with van der Waals surface area (Å²) < 4.78 is 11.0. The van der Waals surface area contributed by atoms with E-state index in [0.29, 0.717) is 38.5 Å². The lowest BCUT2D eigenvalue weighted by Gasteiger charge is -2.35. The van der Waals surface area contributed by atoms with Gasteiger partial charge in [-0.25, -0.2) is 0 Å². The Kier molecular flexibility index (Phi) is 4.03. The number of tetrazole rings is 1. The van der Waals surface area contributed by atoms with Gasteiger partial charge < -0.3 is 9.47 Å². The van der Waals surface area contributed by atoms with E-state index >= 15 is 0 Å². The summed E-state index contributed by atoms with van der Waals surface area (Å²) in [4.78, 5) is 13.7. The van der Waals surface area contributed by atoms with Crippen LogP contribution >= 0.6 is 0 Å². The molecule has 0 saturated carbocycles. The molecule has 0 radical (unpaired) electrons. The molecule has 1 aromatic heterocycles. The van der Waals surface area contributed by atoms with E-state index in [1.54, 1.807) is 7.05 Å². The molecule has 0 amide bonds. The number of Topliss-reactive ketones (excluding diaryl/α,β-unsaturated/α-hetero) is 1. The van der Waals surface area contributed by atoms with Gasteiger partial charge in [0.05, 0.1) is 13.5 Å². The molecule has 18 heavy (non-hydrogen) atoms. The molecule has 1 aliphatic rings. The highest BCUT2D eigenvalue weighted by Crippen LogP contribution is 2.27. The molecule has 1 aromatic rings. The van der Waals surface area contributed by atoms with E-state index in [1.165, 1.54) is 4.80 Å². The van der Waals surface area contributed by atoms with Gasteiger partial charge in [0.2, 0.25) is 0 Å². The number of hydrogen-bond acceptors (Lipinski definition) is 6. The second-order valence-electron chi connectivity index (χ2n) is 4.33. The maximum atomic E-state index is 12.4. The Morgan fingerprint density at radius 2 is 2.22 bits per heavy atom. The average molecular weight is 254 g/mol. The fourth-order valence-corrected chi connectivity index (χ4v) is 2.18. The molecule has 0 atom stereocenters. The quantitative estimate of drug-likeness (QED) is 0.730. The van der Waals surface area contributed by atoms with Crippen molar-refractivity contribution < 1.29 is 14.3 Å². The Morgan fingerprint density at radius 1 is 1.50 bits per heavy atom. The fraction of sp³-hybridized carbons (Fsp3) is 0.818. The second-order valence-corrected chi connectivity index (χ2v) is 4.33. The van der Waals surface area contributed by atoms with Crippen LogP contribution in [-0.4, -0.2) is 51.4 Å². The van der Waals surface area contributed by atoms with Crippen molar-refractivity contribution in [2.75, 3.05) is 19.8 Å². The summed E-state index contributed by atoms with van der Waals surface area (Å²) in [6.45, 7) is 3.52. The molecule has 1 saturated heterocycles. The Bertz CT molecular complexity index is 407. The van der Waals surface area contributed by atoms with E-state index in [1.807, 2.05) is 6.92 Å². The number of nitrogens with zero attached hydrogens (tertiary/aromatic N) is 4. The Labute approximate surface area is 105 Å². The number of aryl methyl sites for hydroxylation is 1. The van der Waals surface area contributed by atoms with Crippen molar-refractivity contribution in [1.29, 1.82) is 0 Å². The van der Waals surface area contributed by atoms with Crippen LogP contribution in [0.3, 0.4) is 0 Å². The van der Waals surface area contributed by atoms with Crippen LogP contribution in [0.5, 0.6) is 0 Å². The molecule has 1 fully saturated rings. The third kappa shape index (κ3) is 2.73. The van der Waals surface area contributed by atoms with Gasteiger partial charge in [0, 0.05) is 32.7 Å². The molecule has 0 spiro atoms. The van der Waals surface area contributed by atoms with Gasteiger partial charge in [-0.1, -0.05) is 0 Å². The third-order valence-corrected chi connectivity index (χ3v) is 3.10. The minimum atomic E-state index is -0.730. The molecule has 100 valence electrons. The van der Waals surface area contributed by atoms with Crippen LogP contribution in [0, 0.1) is 0 Å². The first-order valence-corrected chi connectivity index (χ1v) is 6.14. The lowest BCUT2D eigenvalue weighted by Crippen LogP contribution is -2.47. The van der Waals surface area contributed by atoms with Crippen molar-refractivity contribution in [3.63, 3.8) is 0 Å². The van der Waals surface area contributed by atoms with Gasteiger partial charge in [-0.2, -0.15) is 4.80 Å². The number of carbonyl (C=O) groups is 1. The zero-order valence-corrected chi connectivity index (χ0v) is 10.8. The molecule has 7 heteroatoms. The van der Waals surface area contributed by atoms with Crippen molar-refractivity contribution in [2.24, 2.45) is 7.05 Å². The first-order chi connectivity index (χ1) is 8.66. The predicted molar refractivity (Wildman–Crippen MR) is 61.9 cm³/mol. The SMILES string of the molecule is CCOC1(C(=O)Cc2nnn(C)n2)CCOCC1. The summed E-state index contributed by atoms with van der Waals surface area (Å²) in [7, 11) is 1.67. The first-order valence-electron chi connectivity index (χ1n) is 6.14. The number of rotatable bonds is 5. The van der Waals surface area contributed by atoms with E-state index in [4.69, 9.17) is 9.47 Å². The van der Waals surface area contributed by atoms with Gasteiger partial charge >= 0.3 is 0 Å². The van der Waals surface area contributed by atoms with E-state index in [2.05, 4.69) is 15.4 Å². The molecule has 1 aliphatic heterocycles. The van der Waals surface area contributed by atoms with Crippen molar-refractivity contribution in [3.8, 4) is 0 Å². The van der Waals surface area contributed by atoms with Gasteiger partial charge in [-0.3, -0.25) is 4.79 Å². The summed E-state index contributed by atoms with van der Waals surface area (Å²) in [6, 6.07) is 0. The highest BCUT2D eigenvalue weighted by molar-refractivity contribution is 5.88. The molecule has 0 N–H and O–H groups in total. The maximum Gasteiger partial charge on any atom is 0.182 e. The molecule has 7 nitrogen and oxygen atoms in total. The van der Waals surface area contributed by atoms with Crippen molar-refractivity contribution >= 4 is 5.78 Å². The van der Waals surface area contributed by atoms with E-state index in [0.717, 1.165) is 0 Å². The molecule has 0 unspecified atom stereocenters. The summed E-state index contributed by atoms with van der Waals surface area (Å²) in [5.74, 6) is 0.453. The first kappa shape index (κ1) is 13.1. The summed E-state index contributed by atoms with van der Waals surface area (Å²) in [5, 5.41) is 11.6. The maximum absolute atomic E-state index is 12.4. The van der Waals surface area contributed by atoms with Crippen LogP contribution < -0.4 is 0 Å². The zero-order valence-electron chi connectivity index (χ0n) is 10.8. The number of aromatic nitrogens is 4. The summed E-state index contributed by atoms with van der Waals surface area (Å²) in [5.41, 5.74) is -0.730. The lowest BCUT2D eigenvalue weighted by molar-refractivity contribution is -0.156. The predicted octanol–water partition coefficient (Wildman–Crippen LogP) is -0.0926. The fourth-order valence-electron chi connectivity index (χ4n) is 2.18. The Morgan fingerprint density at radius 3 is 2.78 bits per heavy atom. The Balaban J connectivity index is 2.08. The van der Waals surface area contributed by atoms with Gasteiger partial charge in [-0.05, 0) is 12.1 Å². The molecule has 2 heterocycles. The minimum Gasteiger partial charge on any atom is -0.381 e. The molecule has 0 bridgehead atoms. The lowest BCUT2D eigenvalue weighted by atomic mass is 9.87. The second kappa shape index (κ2) is 5.53. The third-order valence-electron chi connectivity index (χ3n) is 3.10. The summed E-state index contributed by atoms with van der Waals surface area (Å²) in [6.07, 6.45) is 1.35. The van der Waals surface area contributed by atoms with Crippen LogP contribution in [-0.2, 0) is 27.7 Å². The summed E-state index contributed by atoms with van der Waals surface area (Å²) >= 11 is 0. The minimum absolute atomic E-state index is 0.0145. The van der Waals surface area contributed by atoms with Crippen LogP contribution in [0.25, 0.3) is 0 Å². The zero-order chi connectivity index (χ0) is 13.0. The number of ketones is 1. The van der Waals surface area contributed by atoms with Crippen molar-refractivity contribution in [2.45, 2.75) is 31.8 Å². The molecule has 0 aromatic carbocycles. The smallest absolute Gasteiger partial charge is 0.182 e. The highest BCUT2D eigenvalue weighted by Gasteiger charge is 2.40. The number of ether oxygens (including phenoxy) is 2. The highest BCUT2D eigenvalue weighted by atomic mass is 16.5. The van der Waals surface area contributed by atoms with Gasteiger partial charge in [0.25, 0.3) is 0 Å².